The molecule has 1 rings (SSSR count). The van der Waals surface area contributed by atoms with Gasteiger partial charge in [-0.3, -0.25) is 9.59 Å². The quantitative estimate of drug-likeness (QED) is 0.760. The smallest absolute Gasteiger partial charge is 0.232 e. The maximum atomic E-state index is 11.9. The Bertz CT molecular complexity index is 258. The van der Waals surface area contributed by atoms with Crippen LogP contribution in [0.3, 0.4) is 0 Å². The van der Waals surface area contributed by atoms with Crippen molar-refractivity contribution in [3.8, 4) is 0 Å². The van der Waals surface area contributed by atoms with Crippen molar-refractivity contribution in [1.29, 1.82) is 0 Å². The van der Waals surface area contributed by atoms with Gasteiger partial charge in [0.2, 0.25) is 11.8 Å². The van der Waals surface area contributed by atoms with Crippen LogP contribution in [-0.2, 0) is 9.59 Å². The Kier molecular flexibility index (Phi) is 6.01. The van der Waals surface area contributed by atoms with Gasteiger partial charge in [-0.25, -0.2) is 0 Å². The van der Waals surface area contributed by atoms with Gasteiger partial charge in [-0.1, -0.05) is 19.8 Å². The number of rotatable bonds is 4. The van der Waals surface area contributed by atoms with Crippen LogP contribution in [0.2, 0.25) is 0 Å². The van der Waals surface area contributed by atoms with E-state index >= 15 is 0 Å². The molecule has 0 saturated carbocycles. The zero-order valence-electron chi connectivity index (χ0n) is 11.0. The van der Waals surface area contributed by atoms with Crippen LogP contribution in [0.25, 0.3) is 0 Å². The third kappa shape index (κ3) is 5.20. The average molecular weight is 240 g/mol. The van der Waals surface area contributed by atoms with Gasteiger partial charge in [0.1, 0.15) is 6.42 Å². The number of hydrogen-bond donors (Lipinski definition) is 1. The largest absolute Gasteiger partial charge is 0.353 e. The molecule has 4 nitrogen and oxygen atoms in total. The Morgan fingerprint density at radius 1 is 1.18 bits per heavy atom. The van der Waals surface area contributed by atoms with E-state index in [1.807, 2.05) is 18.7 Å². The van der Waals surface area contributed by atoms with Crippen molar-refractivity contribution in [3.05, 3.63) is 0 Å². The summed E-state index contributed by atoms with van der Waals surface area (Å²) in [5.41, 5.74) is 0. The van der Waals surface area contributed by atoms with E-state index in [4.69, 9.17) is 0 Å². The molecule has 2 amide bonds. The molecule has 0 aromatic heterocycles. The van der Waals surface area contributed by atoms with Crippen molar-refractivity contribution in [2.45, 2.75) is 58.4 Å². The average Bonchev–Trinajstić information content (AvgIpc) is 2.57. The van der Waals surface area contributed by atoms with Crippen molar-refractivity contribution in [3.63, 3.8) is 0 Å². The molecule has 98 valence electrons. The lowest BCUT2D eigenvalue weighted by atomic mass is 10.2. The monoisotopic (exact) mass is 240 g/mol. The number of nitrogens with one attached hydrogen (secondary N) is 1. The minimum Gasteiger partial charge on any atom is -0.353 e. The molecule has 1 atom stereocenters. The predicted octanol–water partition coefficient (Wildman–Crippen LogP) is 1.69. The molecule has 0 aromatic rings. The highest BCUT2D eigenvalue weighted by molar-refractivity contribution is 5.96. The van der Waals surface area contributed by atoms with E-state index in [-0.39, 0.29) is 24.3 Å². The molecule has 0 aliphatic carbocycles. The molecule has 1 saturated heterocycles. The standard InChI is InChI=1S/C13H24N2O2/c1-3-11(2)14-12(16)10-13(17)15-8-6-4-5-7-9-15/h11H,3-10H2,1-2H3,(H,14,16). The van der Waals surface area contributed by atoms with Gasteiger partial charge in [0.25, 0.3) is 0 Å². The Morgan fingerprint density at radius 3 is 2.29 bits per heavy atom. The minimum atomic E-state index is -0.145. The van der Waals surface area contributed by atoms with E-state index in [0.29, 0.717) is 0 Å². The second-order valence-electron chi connectivity index (χ2n) is 4.85. The molecule has 0 spiro atoms. The topological polar surface area (TPSA) is 49.4 Å². The molecule has 1 heterocycles. The number of amides is 2. The summed E-state index contributed by atoms with van der Waals surface area (Å²) >= 11 is 0. The maximum Gasteiger partial charge on any atom is 0.232 e. The molecular formula is C13H24N2O2. The minimum absolute atomic E-state index is 0.00431. The highest BCUT2D eigenvalue weighted by atomic mass is 16.2. The fourth-order valence-corrected chi connectivity index (χ4v) is 2.00. The summed E-state index contributed by atoms with van der Waals surface area (Å²) < 4.78 is 0. The molecular weight excluding hydrogens is 216 g/mol. The van der Waals surface area contributed by atoms with Gasteiger partial charge >= 0.3 is 0 Å². The zero-order chi connectivity index (χ0) is 12.7. The molecule has 1 unspecified atom stereocenters. The fraction of sp³-hybridized carbons (Fsp3) is 0.846. The summed E-state index contributed by atoms with van der Waals surface area (Å²) in [6.45, 7) is 5.60. The summed E-state index contributed by atoms with van der Waals surface area (Å²) in [6, 6.07) is 0.152. The Labute approximate surface area is 104 Å². The first-order chi connectivity index (χ1) is 8.13. The molecule has 17 heavy (non-hydrogen) atoms. The highest BCUT2D eigenvalue weighted by Crippen LogP contribution is 2.10. The Hall–Kier alpha value is -1.06. The third-order valence-electron chi connectivity index (χ3n) is 3.29. The molecule has 0 bridgehead atoms. The van der Waals surface area contributed by atoms with Crippen LogP contribution in [0, 0.1) is 0 Å². The lowest BCUT2D eigenvalue weighted by molar-refractivity contribution is -0.136. The molecule has 1 N–H and O–H groups in total. The Balaban J connectivity index is 2.34. The van der Waals surface area contributed by atoms with Crippen LogP contribution in [0.4, 0.5) is 0 Å². The van der Waals surface area contributed by atoms with Crippen LogP contribution in [0.1, 0.15) is 52.4 Å². The molecule has 1 aliphatic heterocycles. The summed E-state index contributed by atoms with van der Waals surface area (Å²) in [5, 5.41) is 2.83. The lowest BCUT2D eigenvalue weighted by Crippen LogP contribution is -2.38. The van der Waals surface area contributed by atoms with Gasteiger partial charge in [0, 0.05) is 19.1 Å². The van der Waals surface area contributed by atoms with E-state index in [9.17, 15) is 9.59 Å². The molecule has 4 heteroatoms. The summed E-state index contributed by atoms with van der Waals surface area (Å²) in [5.74, 6) is -0.165. The van der Waals surface area contributed by atoms with Crippen LogP contribution in [0.15, 0.2) is 0 Å². The second kappa shape index (κ2) is 7.30. The van der Waals surface area contributed by atoms with Crippen LogP contribution in [0.5, 0.6) is 0 Å². The number of likely N-dealkylation sites (tertiary alicyclic amines) is 1. The molecule has 0 aromatic carbocycles. The highest BCUT2D eigenvalue weighted by Gasteiger charge is 2.18. The fourth-order valence-electron chi connectivity index (χ4n) is 2.00. The van der Waals surface area contributed by atoms with E-state index in [0.717, 1.165) is 32.4 Å². The van der Waals surface area contributed by atoms with Crippen molar-refractivity contribution in [2.75, 3.05) is 13.1 Å². The van der Waals surface area contributed by atoms with Crippen molar-refractivity contribution in [1.82, 2.24) is 10.2 Å². The first-order valence-corrected chi connectivity index (χ1v) is 6.70. The second-order valence-corrected chi connectivity index (χ2v) is 4.85. The van der Waals surface area contributed by atoms with Crippen LogP contribution < -0.4 is 5.32 Å². The van der Waals surface area contributed by atoms with E-state index in [2.05, 4.69) is 5.32 Å². The Morgan fingerprint density at radius 2 is 1.76 bits per heavy atom. The first-order valence-electron chi connectivity index (χ1n) is 6.70. The normalized spacial score (nSPS) is 18.4. The number of nitrogens with zero attached hydrogens (tertiary/aromatic N) is 1. The maximum absolute atomic E-state index is 11.9. The number of carbonyl (C=O) groups is 2. The predicted molar refractivity (Wildman–Crippen MR) is 67.6 cm³/mol. The van der Waals surface area contributed by atoms with E-state index in [1.54, 1.807) is 0 Å². The van der Waals surface area contributed by atoms with Crippen molar-refractivity contribution >= 4 is 11.8 Å². The van der Waals surface area contributed by atoms with Gasteiger partial charge in [-0.2, -0.15) is 0 Å². The molecule has 0 radical (unpaired) electrons. The summed E-state index contributed by atoms with van der Waals surface area (Å²) in [4.78, 5) is 25.3. The summed E-state index contributed by atoms with van der Waals surface area (Å²) in [6.07, 6.45) is 5.43. The van der Waals surface area contributed by atoms with Crippen LogP contribution >= 0.6 is 0 Å². The van der Waals surface area contributed by atoms with Gasteiger partial charge in [-0.05, 0) is 26.2 Å². The number of hydrogen-bond acceptors (Lipinski definition) is 2. The molecule has 1 fully saturated rings. The van der Waals surface area contributed by atoms with Gasteiger partial charge in [0.05, 0.1) is 0 Å². The SMILES string of the molecule is CCC(C)NC(=O)CC(=O)N1CCCCCC1. The third-order valence-corrected chi connectivity index (χ3v) is 3.29. The van der Waals surface area contributed by atoms with E-state index < -0.39 is 0 Å². The summed E-state index contributed by atoms with van der Waals surface area (Å²) in [7, 11) is 0. The van der Waals surface area contributed by atoms with Crippen molar-refractivity contribution in [2.24, 2.45) is 0 Å². The molecule has 1 aliphatic rings. The van der Waals surface area contributed by atoms with Gasteiger partial charge < -0.3 is 10.2 Å². The van der Waals surface area contributed by atoms with E-state index in [1.165, 1.54) is 12.8 Å². The van der Waals surface area contributed by atoms with Gasteiger partial charge in [0.15, 0.2) is 0 Å². The number of carbonyl (C=O) groups excluding carboxylic acids is 2. The first kappa shape index (κ1) is 14.0. The van der Waals surface area contributed by atoms with Gasteiger partial charge in [-0.15, -0.1) is 0 Å². The van der Waals surface area contributed by atoms with Crippen molar-refractivity contribution < 1.29 is 9.59 Å². The van der Waals surface area contributed by atoms with Crippen LogP contribution in [-0.4, -0.2) is 35.8 Å². The lowest BCUT2D eigenvalue weighted by Gasteiger charge is -2.20. The zero-order valence-corrected chi connectivity index (χ0v) is 11.0.